The van der Waals surface area contributed by atoms with E-state index >= 15 is 0 Å². The van der Waals surface area contributed by atoms with E-state index < -0.39 is 11.4 Å². The highest BCUT2D eigenvalue weighted by atomic mass is 19.1. The highest BCUT2D eigenvalue weighted by molar-refractivity contribution is 5.36. The molecule has 2 rings (SSSR count). The van der Waals surface area contributed by atoms with E-state index in [9.17, 15) is 9.18 Å². The molecule has 94 valence electrons. The normalized spacial score (nSPS) is 10.4. The standard InChI is InChI=1S/C12H12FN3O2/c1-16-6-5-15-11(12(16)17)18-10-4-2-3-9(13)8(10)7-14/h2-6H,7,14H2,1H3. The Balaban J connectivity index is 2.43. The van der Waals surface area contributed by atoms with E-state index in [-0.39, 0.29) is 23.7 Å². The van der Waals surface area contributed by atoms with E-state index in [0.29, 0.717) is 0 Å². The minimum absolute atomic E-state index is 0.0187. The van der Waals surface area contributed by atoms with Crippen molar-refractivity contribution in [3.05, 3.63) is 52.3 Å². The molecule has 1 aromatic carbocycles. The molecule has 0 saturated carbocycles. The number of nitrogens with two attached hydrogens (primary N) is 1. The van der Waals surface area contributed by atoms with Gasteiger partial charge in [0.15, 0.2) is 0 Å². The van der Waals surface area contributed by atoms with E-state index in [4.69, 9.17) is 10.5 Å². The SMILES string of the molecule is Cn1ccnc(Oc2cccc(F)c2CN)c1=O. The number of nitrogens with zero attached hydrogens (tertiary/aromatic N) is 2. The van der Waals surface area contributed by atoms with Crippen molar-refractivity contribution in [2.45, 2.75) is 6.54 Å². The number of benzene rings is 1. The highest BCUT2D eigenvalue weighted by Crippen LogP contribution is 2.24. The fraction of sp³-hybridized carbons (Fsp3) is 0.167. The van der Waals surface area contributed by atoms with E-state index in [0.717, 1.165) is 0 Å². The van der Waals surface area contributed by atoms with Crippen molar-refractivity contribution in [2.75, 3.05) is 0 Å². The summed E-state index contributed by atoms with van der Waals surface area (Å²) in [6.45, 7) is -0.0187. The molecule has 0 unspecified atom stereocenters. The average Bonchev–Trinajstić information content (AvgIpc) is 2.35. The fourth-order valence-electron chi connectivity index (χ4n) is 1.48. The summed E-state index contributed by atoms with van der Waals surface area (Å²) in [7, 11) is 1.58. The van der Waals surface area contributed by atoms with Crippen molar-refractivity contribution in [1.29, 1.82) is 0 Å². The third-order valence-electron chi connectivity index (χ3n) is 2.47. The van der Waals surface area contributed by atoms with Crippen LogP contribution in [-0.2, 0) is 13.6 Å². The van der Waals surface area contributed by atoms with E-state index in [1.807, 2.05) is 0 Å². The van der Waals surface area contributed by atoms with Crippen LogP contribution >= 0.6 is 0 Å². The molecule has 5 nitrogen and oxygen atoms in total. The van der Waals surface area contributed by atoms with Crippen molar-refractivity contribution >= 4 is 0 Å². The Hall–Kier alpha value is -2.21. The molecule has 0 fully saturated rings. The fourth-order valence-corrected chi connectivity index (χ4v) is 1.48. The Bertz CT molecular complexity index is 625. The van der Waals surface area contributed by atoms with Gasteiger partial charge in [-0.05, 0) is 12.1 Å². The number of hydrogen-bond donors (Lipinski definition) is 1. The van der Waals surface area contributed by atoms with Gasteiger partial charge in [0, 0.05) is 31.5 Å². The quantitative estimate of drug-likeness (QED) is 0.886. The van der Waals surface area contributed by atoms with Crippen LogP contribution in [0.3, 0.4) is 0 Å². The van der Waals surface area contributed by atoms with Crippen molar-refractivity contribution in [3.8, 4) is 11.6 Å². The van der Waals surface area contributed by atoms with E-state index in [2.05, 4.69) is 4.98 Å². The number of aromatic nitrogens is 2. The Morgan fingerprint density at radius 2 is 2.28 bits per heavy atom. The molecule has 0 bridgehead atoms. The largest absolute Gasteiger partial charge is 0.434 e. The van der Waals surface area contributed by atoms with Crippen molar-refractivity contribution in [3.63, 3.8) is 0 Å². The molecule has 0 spiro atoms. The maximum absolute atomic E-state index is 13.5. The molecule has 0 atom stereocenters. The number of ether oxygens (including phenoxy) is 1. The maximum atomic E-state index is 13.5. The Morgan fingerprint density at radius 3 is 3.00 bits per heavy atom. The number of rotatable bonds is 3. The predicted octanol–water partition coefficient (Wildman–Crippen LogP) is 1.17. The summed E-state index contributed by atoms with van der Waals surface area (Å²) in [6, 6.07) is 4.31. The lowest BCUT2D eigenvalue weighted by atomic mass is 10.2. The van der Waals surface area contributed by atoms with Gasteiger partial charge in [0.05, 0.1) is 0 Å². The van der Waals surface area contributed by atoms with Gasteiger partial charge in [-0.15, -0.1) is 0 Å². The molecule has 0 aliphatic rings. The number of halogens is 1. The number of hydrogen-bond acceptors (Lipinski definition) is 4. The van der Waals surface area contributed by atoms with Gasteiger partial charge in [0.1, 0.15) is 11.6 Å². The first kappa shape index (κ1) is 12.3. The first-order valence-corrected chi connectivity index (χ1v) is 5.30. The van der Waals surface area contributed by atoms with Gasteiger partial charge < -0.3 is 15.0 Å². The lowest BCUT2D eigenvalue weighted by Gasteiger charge is -2.09. The summed E-state index contributed by atoms with van der Waals surface area (Å²) in [5, 5.41) is 0. The lowest BCUT2D eigenvalue weighted by Crippen LogP contribution is -2.18. The summed E-state index contributed by atoms with van der Waals surface area (Å²) in [5.41, 5.74) is 5.26. The van der Waals surface area contributed by atoms with Crippen molar-refractivity contribution in [1.82, 2.24) is 9.55 Å². The van der Waals surface area contributed by atoms with Gasteiger partial charge in [-0.1, -0.05) is 6.07 Å². The topological polar surface area (TPSA) is 70.1 Å². The molecule has 1 aromatic heterocycles. The molecule has 1 heterocycles. The molecule has 6 heteroatoms. The van der Waals surface area contributed by atoms with E-state index in [1.165, 1.54) is 29.1 Å². The lowest BCUT2D eigenvalue weighted by molar-refractivity contribution is 0.437. The summed E-state index contributed by atoms with van der Waals surface area (Å²) < 4.78 is 20.1. The zero-order chi connectivity index (χ0) is 13.1. The van der Waals surface area contributed by atoms with Gasteiger partial charge in [-0.25, -0.2) is 9.37 Å². The molecule has 0 aliphatic heterocycles. The van der Waals surface area contributed by atoms with Gasteiger partial charge in [-0.2, -0.15) is 0 Å². The van der Waals surface area contributed by atoms with Crippen LogP contribution in [0.2, 0.25) is 0 Å². The van der Waals surface area contributed by atoms with Crippen molar-refractivity contribution in [2.24, 2.45) is 12.8 Å². The second-order valence-electron chi connectivity index (χ2n) is 3.67. The summed E-state index contributed by atoms with van der Waals surface area (Å²) >= 11 is 0. The Labute approximate surface area is 103 Å². The zero-order valence-electron chi connectivity index (χ0n) is 9.76. The molecule has 0 radical (unpaired) electrons. The second kappa shape index (κ2) is 4.97. The van der Waals surface area contributed by atoms with Crippen molar-refractivity contribution < 1.29 is 9.13 Å². The average molecular weight is 249 g/mol. The van der Waals surface area contributed by atoms with Gasteiger partial charge in [0.25, 0.3) is 5.88 Å². The maximum Gasteiger partial charge on any atom is 0.313 e. The zero-order valence-corrected chi connectivity index (χ0v) is 9.76. The molecule has 0 amide bonds. The molecular formula is C12H12FN3O2. The van der Waals surface area contributed by atoms with Crippen LogP contribution in [0.25, 0.3) is 0 Å². The molecule has 2 N–H and O–H groups in total. The third kappa shape index (κ3) is 2.23. The van der Waals surface area contributed by atoms with Crippen LogP contribution in [0.4, 0.5) is 4.39 Å². The van der Waals surface area contributed by atoms with Crippen LogP contribution in [0.5, 0.6) is 11.6 Å². The van der Waals surface area contributed by atoms with Gasteiger partial charge in [-0.3, -0.25) is 4.79 Å². The monoisotopic (exact) mass is 249 g/mol. The van der Waals surface area contributed by atoms with Gasteiger partial charge >= 0.3 is 5.56 Å². The predicted molar refractivity (Wildman–Crippen MR) is 63.8 cm³/mol. The molecule has 0 aliphatic carbocycles. The van der Waals surface area contributed by atoms with Crippen LogP contribution in [0.15, 0.2) is 35.4 Å². The first-order valence-electron chi connectivity index (χ1n) is 5.30. The Morgan fingerprint density at radius 1 is 1.50 bits per heavy atom. The van der Waals surface area contributed by atoms with Crippen LogP contribution in [-0.4, -0.2) is 9.55 Å². The summed E-state index contributed by atoms with van der Waals surface area (Å²) in [6.07, 6.45) is 2.93. The van der Waals surface area contributed by atoms with Crippen LogP contribution in [0, 0.1) is 5.82 Å². The third-order valence-corrected chi connectivity index (χ3v) is 2.47. The Kier molecular flexibility index (Phi) is 3.38. The molecule has 2 aromatic rings. The summed E-state index contributed by atoms with van der Waals surface area (Å²) in [5.74, 6) is -0.378. The first-order chi connectivity index (χ1) is 8.63. The highest BCUT2D eigenvalue weighted by Gasteiger charge is 2.11. The number of aryl methyl sites for hydroxylation is 1. The smallest absolute Gasteiger partial charge is 0.313 e. The molecule has 18 heavy (non-hydrogen) atoms. The minimum Gasteiger partial charge on any atom is -0.434 e. The minimum atomic E-state index is -0.470. The van der Waals surface area contributed by atoms with Crippen LogP contribution in [0.1, 0.15) is 5.56 Å². The molecule has 0 saturated heterocycles. The second-order valence-corrected chi connectivity index (χ2v) is 3.67. The van der Waals surface area contributed by atoms with Crippen LogP contribution < -0.4 is 16.0 Å². The summed E-state index contributed by atoms with van der Waals surface area (Å²) in [4.78, 5) is 15.5. The van der Waals surface area contributed by atoms with E-state index in [1.54, 1.807) is 13.1 Å². The molecular weight excluding hydrogens is 237 g/mol. The van der Waals surface area contributed by atoms with Gasteiger partial charge in [0.2, 0.25) is 0 Å².